The lowest BCUT2D eigenvalue weighted by molar-refractivity contribution is -0.375. The molecule has 0 amide bonds. The van der Waals surface area contributed by atoms with Gasteiger partial charge in [-0.2, -0.15) is 0 Å². The first-order valence-electron chi connectivity index (χ1n) is 9.79. The monoisotopic (exact) mass is 436 g/mol. The molecular formula is C22H25ClO7. The molecule has 2 aliphatic rings. The maximum atomic E-state index is 10.7. The maximum Gasteiger partial charge on any atom is 0.227 e. The Hall–Kier alpha value is -1.71. The molecule has 2 aromatic carbocycles. The molecule has 7 nitrogen and oxygen atoms in total. The zero-order valence-corrected chi connectivity index (χ0v) is 17.5. The van der Waals surface area contributed by atoms with Crippen LogP contribution in [-0.2, 0) is 26.4 Å². The second kappa shape index (κ2) is 8.09. The predicted molar refractivity (Wildman–Crippen MR) is 108 cm³/mol. The van der Waals surface area contributed by atoms with Crippen molar-refractivity contribution in [1.29, 1.82) is 0 Å². The minimum absolute atomic E-state index is 0.143. The summed E-state index contributed by atoms with van der Waals surface area (Å²) in [5.41, 5.74) is 2.29. The van der Waals surface area contributed by atoms with Gasteiger partial charge in [0.05, 0.1) is 6.61 Å². The summed E-state index contributed by atoms with van der Waals surface area (Å²) in [4.78, 5) is 0. The summed E-state index contributed by atoms with van der Waals surface area (Å²) < 4.78 is 22.5. The van der Waals surface area contributed by atoms with Crippen LogP contribution in [0, 0.1) is 0 Å². The molecule has 2 saturated heterocycles. The van der Waals surface area contributed by atoms with Crippen molar-refractivity contribution in [3.63, 3.8) is 0 Å². The van der Waals surface area contributed by atoms with Crippen molar-refractivity contribution >= 4 is 11.6 Å². The standard InChI is InChI=1S/C22H25ClO7/c1-3-28-16-7-4-13(5-8-16)10-14-11-15(6-9-17(14)23)22-20(26)18(24)19(25)21(27-2,30-22)12-29-22/h4-9,11,18-20,24-26H,3,10,12H2,1-2H3. The normalized spacial score (nSPS) is 32.9. The molecule has 2 bridgehead atoms. The number of hydrogen-bond acceptors (Lipinski definition) is 7. The van der Waals surface area contributed by atoms with Gasteiger partial charge in [-0.05, 0) is 48.7 Å². The molecule has 162 valence electrons. The Kier molecular flexibility index (Phi) is 5.80. The summed E-state index contributed by atoms with van der Waals surface area (Å²) in [5, 5.41) is 32.0. The van der Waals surface area contributed by atoms with Gasteiger partial charge in [0.2, 0.25) is 11.6 Å². The van der Waals surface area contributed by atoms with E-state index in [9.17, 15) is 15.3 Å². The molecule has 0 spiro atoms. The van der Waals surface area contributed by atoms with Crippen LogP contribution in [0.2, 0.25) is 5.02 Å². The lowest BCUT2D eigenvalue weighted by atomic mass is 9.87. The average Bonchev–Trinajstić information content (AvgIpc) is 3.14. The van der Waals surface area contributed by atoms with Gasteiger partial charge in [-0.3, -0.25) is 0 Å². The van der Waals surface area contributed by atoms with Gasteiger partial charge in [-0.15, -0.1) is 0 Å². The fourth-order valence-electron chi connectivity index (χ4n) is 4.02. The molecule has 0 radical (unpaired) electrons. The Balaban J connectivity index is 1.66. The van der Waals surface area contributed by atoms with E-state index in [2.05, 4.69) is 0 Å². The molecule has 8 heteroatoms. The number of aliphatic hydroxyl groups is 3. The lowest BCUT2D eigenvalue weighted by Gasteiger charge is -2.45. The van der Waals surface area contributed by atoms with E-state index < -0.39 is 29.9 Å². The van der Waals surface area contributed by atoms with Gasteiger partial charge in [0.25, 0.3) is 0 Å². The smallest absolute Gasteiger partial charge is 0.227 e. The van der Waals surface area contributed by atoms with E-state index in [1.807, 2.05) is 31.2 Å². The highest BCUT2D eigenvalue weighted by Gasteiger charge is 2.68. The molecule has 4 rings (SSSR count). The van der Waals surface area contributed by atoms with Crippen molar-refractivity contribution in [2.45, 2.75) is 43.2 Å². The Bertz CT molecular complexity index is 905. The van der Waals surface area contributed by atoms with Gasteiger partial charge in [0.1, 0.15) is 30.7 Å². The van der Waals surface area contributed by atoms with Crippen LogP contribution in [-0.4, -0.2) is 59.7 Å². The predicted octanol–water partition coefficient (Wildman–Crippen LogP) is 1.97. The lowest BCUT2D eigenvalue weighted by Crippen LogP contribution is -2.64. The van der Waals surface area contributed by atoms with Crippen LogP contribution in [0.1, 0.15) is 23.6 Å². The van der Waals surface area contributed by atoms with E-state index >= 15 is 0 Å². The molecule has 3 N–H and O–H groups in total. The highest BCUT2D eigenvalue weighted by Crippen LogP contribution is 2.50. The highest BCUT2D eigenvalue weighted by atomic mass is 35.5. The first-order chi connectivity index (χ1) is 14.3. The Morgan fingerprint density at radius 1 is 1.10 bits per heavy atom. The van der Waals surface area contributed by atoms with Gasteiger partial charge in [0, 0.05) is 17.7 Å². The molecular weight excluding hydrogens is 412 g/mol. The molecule has 2 aliphatic heterocycles. The average molecular weight is 437 g/mol. The van der Waals surface area contributed by atoms with E-state index in [0.29, 0.717) is 23.6 Å². The summed E-state index contributed by atoms with van der Waals surface area (Å²) in [7, 11) is 1.35. The number of ether oxygens (including phenoxy) is 4. The van der Waals surface area contributed by atoms with Crippen molar-refractivity contribution in [1.82, 2.24) is 0 Å². The zero-order chi connectivity index (χ0) is 21.5. The van der Waals surface area contributed by atoms with Crippen LogP contribution in [0.4, 0.5) is 0 Å². The number of benzene rings is 2. The Morgan fingerprint density at radius 2 is 1.83 bits per heavy atom. The minimum atomic E-state index is -1.67. The molecule has 5 unspecified atom stereocenters. The number of methoxy groups -OCH3 is 1. The Labute approximate surface area is 179 Å². The van der Waals surface area contributed by atoms with Crippen molar-refractivity contribution in [2.75, 3.05) is 20.3 Å². The van der Waals surface area contributed by atoms with Crippen LogP contribution in [0.3, 0.4) is 0 Å². The second-order valence-electron chi connectivity index (χ2n) is 7.51. The maximum absolute atomic E-state index is 10.7. The van der Waals surface area contributed by atoms with Crippen LogP contribution in [0.25, 0.3) is 0 Å². The van der Waals surface area contributed by atoms with Gasteiger partial charge < -0.3 is 34.3 Å². The summed E-state index contributed by atoms with van der Waals surface area (Å²) in [6.45, 7) is 2.39. The number of halogens is 1. The summed E-state index contributed by atoms with van der Waals surface area (Å²) in [6.07, 6.45) is -3.95. The SMILES string of the molecule is CCOc1ccc(Cc2cc(C34OCC(OC)(O3)C(O)C(O)C4O)ccc2Cl)cc1. The van der Waals surface area contributed by atoms with Crippen molar-refractivity contribution in [3.05, 3.63) is 64.2 Å². The van der Waals surface area contributed by atoms with Crippen molar-refractivity contribution < 1.29 is 34.3 Å². The topological polar surface area (TPSA) is 97.6 Å². The van der Waals surface area contributed by atoms with E-state index in [1.165, 1.54) is 7.11 Å². The zero-order valence-electron chi connectivity index (χ0n) is 16.7. The number of aliphatic hydroxyl groups excluding tert-OH is 3. The number of hydrogen-bond donors (Lipinski definition) is 3. The quantitative estimate of drug-likeness (QED) is 0.636. The molecule has 30 heavy (non-hydrogen) atoms. The summed E-state index contributed by atoms with van der Waals surface area (Å²) in [5.74, 6) is -2.44. The number of fused-ring (bicyclic) bond motifs is 2. The van der Waals surface area contributed by atoms with Crippen LogP contribution in [0.15, 0.2) is 42.5 Å². The first kappa shape index (κ1) is 21.5. The van der Waals surface area contributed by atoms with Crippen molar-refractivity contribution in [3.8, 4) is 5.75 Å². The van der Waals surface area contributed by atoms with Gasteiger partial charge in [-0.25, -0.2) is 0 Å². The van der Waals surface area contributed by atoms with Crippen LogP contribution >= 0.6 is 11.6 Å². The first-order valence-corrected chi connectivity index (χ1v) is 10.2. The number of rotatable bonds is 6. The fraction of sp³-hybridized carbons (Fsp3) is 0.455. The van der Waals surface area contributed by atoms with E-state index in [0.717, 1.165) is 16.9 Å². The van der Waals surface area contributed by atoms with Gasteiger partial charge in [-0.1, -0.05) is 29.8 Å². The summed E-state index contributed by atoms with van der Waals surface area (Å²) in [6, 6.07) is 12.9. The van der Waals surface area contributed by atoms with E-state index in [1.54, 1.807) is 18.2 Å². The molecule has 5 atom stereocenters. The third-order valence-corrected chi connectivity index (χ3v) is 6.09. The van der Waals surface area contributed by atoms with Crippen LogP contribution in [0.5, 0.6) is 5.75 Å². The third kappa shape index (κ3) is 3.40. The summed E-state index contributed by atoms with van der Waals surface area (Å²) >= 11 is 6.43. The molecule has 2 aromatic rings. The molecule has 2 heterocycles. The van der Waals surface area contributed by atoms with E-state index in [4.69, 9.17) is 30.5 Å². The van der Waals surface area contributed by atoms with Gasteiger partial charge >= 0.3 is 0 Å². The highest BCUT2D eigenvalue weighted by molar-refractivity contribution is 6.31. The van der Waals surface area contributed by atoms with Crippen molar-refractivity contribution in [2.24, 2.45) is 0 Å². The third-order valence-electron chi connectivity index (χ3n) is 5.72. The molecule has 0 saturated carbocycles. The van der Waals surface area contributed by atoms with Gasteiger partial charge in [0.15, 0.2) is 0 Å². The minimum Gasteiger partial charge on any atom is -0.494 e. The largest absolute Gasteiger partial charge is 0.494 e. The molecule has 2 fully saturated rings. The Morgan fingerprint density at radius 3 is 2.50 bits per heavy atom. The fourth-order valence-corrected chi connectivity index (χ4v) is 4.21. The van der Waals surface area contributed by atoms with E-state index in [-0.39, 0.29) is 6.61 Å². The molecule has 0 aliphatic carbocycles. The molecule has 0 aromatic heterocycles. The van der Waals surface area contributed by atoms with Crippen LogP contribution < -0.4 is 4.74 Å². The second-order valence-corrected chi connectivity index (χ2v) is 7.92.